The van der Waals surface area contributed by atoms with E-state index in [1.54, 1.807) is 6.20 Å². The molecule has 2 aliphatic rings. The summed E-state index contributed by atoms with van der Waals surface area (Å²) in [4.78, 5) is 17.0. The average Bonchev–Trinajstić information content (AvgIpc) is 3.32. The molecular formula is C30H24N4O. The Labute approximate surface area is 204 Å². The van der Waals surface area contributed by atoms with Gasteiger partial charge in [-0.15, -0.1) is 0 Å². The van der Waals surface area contributed by atoms with Crippen LogP contribution < -0.4 is 0 Å². The summed E-state index contributed by atoms with van der Waals surface area (Å²) < 4.78 is 2.01. The van der Waals surface area contributed by atoms with Gasteiger partial charge in [0.2, 0.25) is 0 Å². The molecule has 0 saturated heterocycles. The Morgan fingerprint density at radius 2 is 1.71 bits per heavy atom. The summed E-state index contributed by atoms with van der Waals surface area (Å²) in [5.74, 6) is -0.0930. The van der Waals surface area contributed by atoms with E-state index in [1.807, 2.05) is 48.1 Å². The van der Waals surface area contributed by atoms with Crippen molar-refractivity contribution < 1.29 is 4.79 Å². The van der Waals surface area contributed by atoms with Crippen molar-refractivity contribution in [1.29, 1.82) is 5.26 Å². The molecule has 4 aromatic rings. The van der Waals surface area contributed by atoms with E-state index in [9.17, 15) is 10.1 Å². The molecule has 0 radical (unpaired) electrons. The average molecular weight is 457 g/mol. The molecule has 0 fully saturated rings. The van der Waals surface area contributed by atoms with Crippen LogP contribution in [0.3, 0.4) is 0 Å². The van der Waals surface area contributed by atoms with Crippen molar-refractivity contribution in [3.63, 3.8) is 0 Å². The molecule has 170 valence electrons. The van der Waals surface area contributed by atoms with Gasteiger partial charge in [0.15, 0.2) is 5.78 Å². The summed E-state index contributed by atoms with van der Waals surface area (Å²) in [5, 5.41) is 14.7. The molecular weight excluding hydrogens is 432 g/mol. The fourth-order valence-corrected chi connectivity index (χ4v) is 5.64. The zero-order chi connectivity index (χ0) is 23.9. The number of hydrogen-bond donors (Lipinski definition) is 0. The van der Waals surface area contributed by atoms with E-state index >= 15 is 0 Å². The number of allylic oxidation sites excluding steroid dienone is 2. The van der Waals surface area contributed by atoms with E-state index in [1.165, 1.54) is 11.1 Å². The molecule has 2 aromatic carbocycles. The number of rotatable bonds is 3. The first-order chi connectivity index (χ1) is 17.2. The van der Waals surface area contributed by atoms with E-state index in [4.69, 9.17) is 5.10 Å². The van der Waals surface area contributed by atoms with E-state index in [-0.39, 0.29) is 29.1 Å². The highest BCUT2D eigenvalue weighted by molar-refractivity contribution is 6.01. The number of hydrogen-bond acceptors (Lipinski definition) is 4. The lowest BCUT2D eigenvalue weighted by Crippen LogP contribution is -2.34. The third-order valence-corrected chi connectivity index (χ3v) is 7.46. The van der Waals surface area contributed by atoms with Crippen molar-refractivity contribution in [3.8, 4) is 34.1 Å². The highest BCUT2D eigenvalue weighted by Gasteiger charge is 2.42. The zero-order valence-corrected chi connectivity index (χ0v) is 19.4. The Morgan fingerprint density at radius 1 is 0.971 bits per heavy atom. The smallest absolute Gasteiger partial charge is 0.176 e. The molecule has 0 aliphatic heterocycles. The van der Waals surface area contributed by atoms with Gasteiger partial charge in [0.1, 0.15) is 6.07 Å². The summed E-state index contributed by atoms with van der Waals surface area (Å²) in [6, 6.07) is 24.9. The van der Waals surface area contributed by atoms with Crippen LogP contribution in [0.5, 0.6) is 0 Å². The number of Topliss-reactive ketones (excluding diaryl/α,β-unsaturated/α-hetero) is 1. The number of nitriles is 1. The Bertz CT molecular complexity index is 1480. The molecule has 6 rings (SSSR count). The lowest BCUT2D eigenvalue weighted by atomic mass is 9.66. The number of benzene rings is 2. The molecule has 3 atom stereocenters. The highest BCUT2D eigenvalue weighted by atomic mass is 16.1. The van der Waals surface area contributed by atoms with Crippen LogP contribution in [-0.2, 0) is 11.2 Å². The zero-order valence-electron chi connectivity index (χ0n) is 19.4. The van der Waals surface area contributed by atoms with Crippen molar-refractivity contribution in [3.05, 3.63) is 102 Å². The monoisotopic (exact) mass is 456 g/mol. The number of ketones is 1. The van der Waals surface area contributed by atoms with Crippen molar-refractivity contribution in [2.75, 3.05) is 0 Å². The van der Waals surface area contributed by atoms with E-state index in [2.05, 4.69) is 53.5 Å². The highest BCUT2D eigenvalue weighted by Crippen LogP contribution is 2.47. The van der Waals surface area contributed by atoms with Gasteiger partial charge < -0.3 is 0 Å². The Morgan fingerprint density at radius 3 is 2.43 bits per heavy atom. The largest absolute Gasteiger partial charge is 0.293 e. The third-order valence-electron chi connectivity index (χ3n) is 7.46. The molecule has 0 N–H and O–H groups in total. The summed E-state index contributed by atoms with van der Waals surface area (Å²) >= 11 is 0. The maximum atomic E-state index is 12.7. The Balaban J connectivity index is 1.51. The van der Waals surface area contributed by atoms with Gasteiger partial charge in [0, 0.05) is 35.4 Å². The van der Waals surface area contributed by atoms with Crippen LogP contribution in [0.4, 0.5) is 0 Å². The first-order valence-corrected chi connectivity index (χ1v) is 12.0. The molecule has 35 heavy (non-hydrogen) atoms. The van der Waals surface area contributed by atoms with Crippen LogP contribution in [-0.4, -0.2) is 20.5 Å². The SMILES string of the molecule is CC1C(=O)C(C#N)=CC2c3nn(-c4ccc(-c5ccccc5)cc4)c(-c4cccnc4)c3CCC12. The molecule has 0 amide bonds. The first-order valence-electron chi connectivity index (χ1n) is 12.0. The second-order valence-electron chi connectivity index (χ2n) is 9.35. The maximum absolute atomic E-state index is 12.7. The molecule has 5 nitrogen and oxygen atoms in total. The van der Waals surface area contributed by atoms with Crippen LogP contribution >= 0.6 is 0 Å². The number of carbonyl (C=O) groups is 1. The van der Waals surface area contributed by atoms with Gasteiger partial charge in [-0.2, -0.15) is 10.4 Å². The van der Waals surface area contributed by atoms with Gasteiger partial charge in [-0.1, -0.05) is 55.5 Å². The standard InChI is InChI=1S/C30H24N4O/c1-19-25-13-14-26-28(27(25)16-23(17-31)30(19)35)33-34(29(26)22-8-5-15-32-18-22)24-11-9-21(10-12-24)20-6-3-2-4-7-20/h2-12,15-16,18-19,25,27H,13-14H2,1H3. The number of nitrogens with zero attached hydrogens (tertiary/aromatic N) is 4. The molecule has 0 spiro atoms. The number of aromatic nitrogens is 3. The van der Waals surface area contributed by atoms with Crippen molar-refractivity contribution in [2.24, 2.45) is 11.8 Å². The molecule has 2 aliphatic carbocycles. The van der Waals surface area contributed by atoms with Crippen molar-refractivity contribution in [1.82, 2.24) is 14.8 Å². The normalized spacial score (nSPS) is 21.0. The number of pyridine rings is 1. The maximum Gasteiger partial charge on any atom is 0.176 e. The van der Waals surface area contributed by atoms with Gasteiger partial charge in [-0.05, 0) is 54.2 Å². The molecule has 5 heteroatoms. The van der Waals surface area contributed by atoms with Crippen LogP contribution in [0.15, 0.2) is 90.8 Å². The van der Waals surface area contributed by atoms with E-state index < -0.39 is 0 Å². The van der Waals surface area contributed by atoms with Gasteiger partial charge in [0.25, 0.3) is 0 Å². The molecule has 3 unspecified atom stereocenters. The number of carbonyl (C=O) groups excluding carboxylic acids is 1. The quantitative estimate of drug-likeness (QED) is 0.384. The van der Waals surface area contributed by atoms with Gasteiger partial charge >= 0.3 is 0 Å². The van der Waals surface area contributed by atoms with Crippen molar-refractivity contribution >= 4 is 5.78 Å². The molecule has 0 saturated carbocycles. The lowest BCUT2D eigenvalue weighted by molar-refractivity contribution is -0.120. The number of fused-ring (bicyclic) bond motifs is 3. The van der Waals surface area contributed by atoms with Crippen LogP contribution in [0.2, 0.25) is 0 Å². The van der Waals surface area contributed by atoms with Crippen LogP contribution in [0.1, 0.15) is 30.5 Å². The third kappa shape index (κ3) is 3.50. The minimum Gasteiger partial charge on any atom is -0.293 e. The Hall–Kier alpha value is -4.30. The van der Waals surface area contributed by atoms with Gasteiger partial charge in [-0.25, -0.2) is 4.68 Å². The summed E-state index contributed by atoms with van der Waals surface area (Å²) in [7, 11) is 0. The second-order valence-corrected chi connectivity index (χ2v) is 9.35. The summed E-state index contributed by atoms with van der Waals surface area (Å²) in [6.45, 7) is 1.96. The summed E-state index contributed by atoms with van der Waals surface area (Å²) in [5.41, 5.74) is 7.75. The second kappa shape index (κ2) is 8.48. The topological polar surface area (TPSA) is 71.6 Å². The lowest BCUT2D eigenvalue weighted by Gasteiger charge is -2.36. The minimum atomic E-state index is -0.176. The molecule has 0 bridgehead atoms. The summed E-state index contributed by atoms with van der Waals surface area (Å²) in [6.07, 6.45) is 7.25. The molecule has 2 heterocycles. The van der Waals surface area contributed by atoms with Crippen molar-refractivity contribution in [2.45, 2.75) is 25.7 Å². The predicted molar refractivity (Wildman–Crippen MR) is 135 cm³/mol. The van der Waals surface area contributed by atoms with Gasteiger partial charge in [-0.3, -0.25) is 9.78 Å². The van der Waals surface area contributed by atoms with Gasteiger partial charge in [0.05, 0.1) is 22.6 Å². The van der Waals surface area contributed by atoms with E-state index in [0.29, 0.717) is 0 Å². The minimum absolute atomic E-state index is 0.0404. The molecule has 2 aromatic heterocycles. The predicted octanol–water partition coefficient (Wildman–Crippen LogP) is 5.92. The Kier molecular flexibility index (Phi) is 5.15. The fourth-order valence-electron chi connectivity index (χ4n) is 5.64. The van der Waals surface area contributed by atoms with Crippen LogP contribution in [0.25, 0.3) is 28.1 Å². The van der Waals surface area contributed by atoms with Crippen LogP contribution in [0, 0.1) is 23.2 Å². The van der Waals surface area contributed by atoms with E-state index in [0.717, 1.165) is 41.0 Å². The fraction of sp³-hybridized carbons (Fsp3) is 0.200. The first kappa shape index (κ1) is 21.2.